The third-order valence-corrected chi connectivity index (χ3v) is 4.64. The number of carbonyl (C=O) groups excluding carboxylic acids is 1. The third kappa shape index (κ3) is 5.38. The molecule has 26 heavy (non-hydrogen) atoms. The Morgan fingerprint density at radius 2 is 1.81 bits per heavy atom. The average Bonchev–Trinajstić information content (AvgIpc) is 2.62. The van der Waals surface area contributed by atoms with Crippen molar-refractivity contribution in [3.8, 4) is 5.75 Å². The zero-order chi connectivity index (χ0) is 19.1. The highest BCUT2D eigenvalue weighted by Gasteiger charge is 2.17. The molecule has 0 aromatic heterocycles. The van der Waals surface area contributed by atoms with Crippen LogP contribution in [0.25, 0.3) is 0 Å². The van der Waals surface area contributed by atoms with Crippen LogP contribution in [-0.2, 0) is 0 Å². The molecule has 0 heterocycles. The molecule has 0 bridgehead atoms. The maximum absolute atomic E-state index is 12.3. The monoisotopic (exact) mass is 375 g/mol. The Bertz CT molecular complexity index is 719. The first kappa shape index (κ1) is 20.1. The van der Waals surface area contributed by atoms with Gasteiger partial charge >= 0.3 is 6.03 Å². The fraction of sp³-hybridized carbons (Fsp3) is 0.350. The molecule has 2 atom stereocenters. The van der Waals surface area contributed by atoms with Gasteiger partial charge in [-0.1, -0.05) is 41.9 Å². The van der Waals surface area contributed by atoms with E-state index in [1.165, 1.54) is 0 Å². The molecule has 2 aromatic carbocycles. The van der Waals surface area contributed by atoms with Gasteiger partial charge in [0.1, 0.15) is 5.75 Å². The minimum atomic E-state index is -0.224. The number of nitrogens with zero attached hydrogens (tertiary/aromatic N) is 1. The summed E-state index contributed by atoms with van der Waals surface area (Å²) in [7, 11) is 5.62. The molecule has 0 radical (unpaired) electrons. The lowest BCUT2D eigenvalue weighted by Gasteiger charge is -2.26. The number of amides is 2. The molecular weight excluding hydrogens is 350 g/mol. The van der Waals surface area contributed by atoms with E-state index in [0.29, 0.717) is 11.6 Å². The molecule has 2 amide bonds. The molecule has 0 aliphatic rings. The maximum Gasteiger partial charge on any atom is 0.315 e. The van der Waals surface area contributed by atoms with E-state index in [9.17, 15) is 4.79 Å². The molecule has 2 rings (SSSR count). The summed E-state index contributed by atoms with van der Waals surface area (Å²) in [6.07, 6.45) is 0. The molecule has 140 valence electrons. The van der Waals surface area contributed by atoms with Gasteiger partial charge in [0.15, 0.2) is 0 Å². The van der Waals surface area contributed by atoms with E-state index in [-0.39, 0.29) is 18.1 Å². The SMILES string of the molecule is COc1ccc(C(CNC(=O)NC(C)c2ccccc2Cl)N(C)C)cc1. The highest BCUT2D eigenvalue weighted by Crippen LogP contribution is 2.22. The van der Waals surface area contributed by atoms with Crippen molar-refractivity contribution in [2.45, 2.75) is 19.0 Å². The fourth-order valence-corrected chi connectivity index (χ4v) is 3.07. The first-order valence-corrected chi connectivity index (χ1v) is 8.89. The van der Waals surface area contributed by atoms with Crippen LogP contribution in [0.2, 0.25) is 5.02 Å². The van der Waals surface area contributed by atoms with Crippen LogP contribution in [0.3, 0.4) is 0 Å². The summed E-state index contributed by atoms with van der Waals surface area (Å²) >= 11 is 6.19. The first-order chi connectivity index (χ1) is 12.4. The molecule has 6 heteroatoms. The third-order valence-electron chi connectivity index (χ3n) is 4.30. The number of nitrogens with one attached hydrogen (secondary N) is 2. The second-order valence-electron chi connectivity index (χ2n) is 6.35. The van der Waals surface area contributed by atoms with Gasteiger partial charge in [0.25, 0.3) is 0 Å². The Morgan fingerprint density at radius 1 is 1.15 bits per heavy atom. The van der Waals surface area contributed by atoms with Crippen LogP contribution < -0.4 is 15.4 Å². The molecule has 0 aliphatic heterocycles. The number of ether oxygens (including phenoxy) is 1. The predicted octanol–water partition coefficient (Wildman–Crippen LogP) is 4.01. The summed E-state index contributed by atoms with van der Waals surface area (Å²) in [5.74, 6) is 0.811. The summed E-state index contributed by atoms with van der Waals surface area (Å²) in [5.41, 5.74) is 2.00. The van der Waals surface area contributed by atoms with E-state index in [4.69, 9.17) is 16.3 Å². The summed E-state index contributed by atoms with van der Waals surface area (Å²) in [4.78, 5) is 14.4. The van der Waals surface area contributed by atoms with Crippen molar-refractivity contribution < 1.29 is 9.53 Å². The molecule has 0 saturated carbocycles. The molecule has 5 nitrogen and oxygen atoms in total. The van der Waals surface area contributed by atoms with Crippen LogP contribution in [0.5, 0.6) is 5.75 Å². The van der Waals surface area contributed by atoms with Gasteiger partial charge in [-0.2, -0.15) is 0 Å². The Labute approximate surface area is 160 Å². The van der Waals surface area contributed by atoms with Crippen molar-refractivity contribution in [3.05, 3.63) is 64.7 Å². The van der Waals surface area contributed by atoms with Crippen LogP contribution >= 0.6 is 11.6 Å². The van der Waals surface area contributed by atoms with Gasteiger partial charge in [-0.3, -0.25) is 0 Å². The molecule has 2 N–H and O–H groups in total. The van der Waals surface area contributed by atoms with Gasteiger partial charge in [-0.15, -0.1) is 0 Å². The number of halogens is 1. The average molecular weight is 376 g/mol. The van der Waals surface area contributed by atoms with Crippen molar-refractivity contribution in [3.63, 3.8) is 0 Å². The van der Waals surface area contributed by atoms with Crippen molar-refractivity contribution in [2.75, 3.05) is 27.7 Å². The number of benzene rings is 2. The number of carbonyl (C=O) groups is 1. The second kappa shape index (κ2) is 9.46. The normalized spacial score (nSPS) is 13.2. The van der Waals surface area contributed by atoms with Gasteiger partial charge < -0.3 is 20.3 Å². The Kier molecular flexibility index (Phi) is 7.30. The molecule has 0 saturated heterocycles. The van der Waals surface area contributed by atoms with Crippen LogP contribution in [0, 0.1) is 0 Å². The number of hydrogen-bond donors (Lipinski definition) is 2. The van der Waals surface area contributed by atoms with E-state index in [2.05, 4.69) is 15.5 Å². The zero-order valence-electron chi connectivity index (χ0n) is 15.6. The first-order valence-electron chi connectivity index (χ1n) is 8.51. The van der Waals surface area contributed by atoms with E-state index < -0.39 is 0 Å². The molecule has 0 fully saturated rings. The zero-order valence-corrected chi connectivity index (χ0v) is 16.4. The van der Waals surface area contributed by atoms with Crippen molar-refractivity contribution >= 4 is 17.6 Å². The predicted molar refractivity (Wildman–Crippen MR) is 106 cm³/mol. The number of methoxy groups -OCH3 is 1. The van der Waals surface area contributed by atoms with Crippen LogP contribution in [0.1, 0.15) is 30.1 Å². The van der Waals surface area contributed by atoms with E-state index in [1.54, 1.807) is 7.11 Å². The van der Waals surface area contributed by atoms with Crippen LogP contribution in [0.4, 0.5) is 4.79 Å². The lowest BCUT2D eigenvalue weighted by atomic mass is 10.1. The maximum atomic E-state index is 12.3. The minimum Gasteiger partial charge on any atom is -0.497 e. The summed E-state index contributed by atoms with van der Waals surface area (Å²) in [6, 6.07) is 15.0. The van der Waals surface area contributed by atoms with Gasteiger partial charge in [-0.05, 0) is 50.3 Å². The summed E-state index contributed by atoms with van der Waals surface area (Å²) in [6.45, 7) is 2.40. The minimum absolute atomic E-state index is 0.0577. The van der Waals surface area contributed by atoms with Gasteiger partial charge in [-0.25, -0.2) is 4.79 Å². The number of likely N-dealkylation sites (N-methyl/N-ethyl adjacent to an activating group) is 1. The molecule has 0 spiro atoms. The van der Waals surface area contributed by atoms with E-state index in [1.807, 2.05) is 69.6 Å². The second-order valence-corrected chi connectivity index (χ2v) is 6.76. The standard InChI is InChI=1S/C20H26ClN3O2/c1-14(17-7-5-6-8-18(17)21)23-20(25)22-13-19(24(2)3)15-9-11-16(26-4)12-10-15/h5-12,14,19H,13H2,1-4H3,(H2,22,23,25). The number of hydrogen-bond acceptors (Lipinski definition) is 3. The largest absolute Gasteiger partial charge is 0.497 e. The number of urea groups is 1. The van der Waals surface area contributed by atoms with Gasteiger partial charge in [0.05, 0.1) is 19.2 Å². The highest BCUT2D eigenvalue weighted by molar-refractivity contribution is 6.31. The molecule has 0 aliphatic carbocycles. The van der Waals surface area contributed by atoms with Gasteiger partial charge in [0.2, 0.25) is 0 Å². The van der Waals surface area contributed by atoms with E-state index >= 15 is 0 Å². The van der Waals surface area contributed by atoms with Gasteiger partial charge in [0, 0.05) is 11.6 Å². The van der Waals surface area contributed by atoms with Crippen molar-refractivity contribution in [2.24, 2.45) is 0 Å². The Hall–Kier alpha value is -2.24. The fourth-order valence-electron chi connectivity index (χ4n) is 2.77. The molecule has 2 unspecified atom stereocenters. The summed E-state index contributed by atoms with van der Waals surface area (Å²) < 4.78 is 5.20. The molecule has 2 aromatic rings. The van der Waals surface area contributed by atoms with Crippen LogP contribution in [0.15, 0.2) is 48.5 Å². The van der Waals surface area contributed by atoms with Crippen molar-refractivity contribution in [1.82, 2.24) is 15.5 Å². The summed E-state index contributed by atoms with van der Waals surface area (Å²) in [5, 5.41) is 6.52. The topological polar surface area (TPSA) is 53.6 Å². The molecular formula is C20H26ClN3O2. The lowest BCUT2D eigenvalue weighted by molar-refractivity contribution is 0.230. The van der Waals surface area contributed by atoms with Crippen LogP contribution in [-0.4, -0.2) is 38.7 Å². The van der Waals surface area contributed by atoms with Crippen molar-refractivity contribution in [1.29, 1.82) is 0 Å². The number of rotatable bonds is 7. The Morgan fingerprint density at radius 3 is 2.38 bits per heavy atom. The highest BCUT2D eigenvalue weighted by atomic mass is 35.5. The Balaban J connectivity index is 1.95. The van der Waals surface area contributed by atoms with E-state index in [0.717, 1.165) is 16.9 Å². The quantitative estimate of drug-likeness (QED) is 0.768. The lowest BCUT2D eigenvalue weighted by Crippen LogP contribution is -2.41. The smallest absolute Gasteiger partial charge is 0.315 e.